The lowest BCUT2D eigenvalue weighted by molar-refractivity contribution is -0.138. The molecule has 0 aromatic heterocycles. The van der Waals surface area contributed by atoms with E-state index in [0.29, 0.717) is 13.1 Å². The molecule has 1 heterocycles. The summed E-state index contributed by atoms with van der Waals surface area (Å²) in [5, 5.41) is 3.01. The van der Waals surface area contributed by atoms with Crippen LogP contribution in [0.15, 0.2) is 24.3 Å². The summed E-state index contributed by atoms with van der Waals surface area (Å²) in [6.07, 6.45) is -4.83. The molecule has 1 atom stereocenters. The highest BCUT2D eigenvalue weighted by Gasteiger charge is 2.34. The van der Waals surface area contributed by atoms with Gasteiger partial charge in [0, 0.05) is 19.0 Å². The van der Waals surface area contributed by atoms with Gasteiger partial charge in [-0.3, -0.25) is 0 Å². The Kier molecular flexibility index (Phi) is 2.69. The Morgan fingerprint density at radius 2 is 2.00 bits per heavy atom. The van der Waals surface area contributed by atoms with E-state index in [2.05, 4.69) is 5.32 Å². The Labute approximate surface area is 86.3 Å². The van der Waals surface area contributed by atoms with Crippen LogP contribution in [0.25, 0.3) is 0 Å². The van der Waals surface area contributed by atoms with Crippen molar-refractivity contribution in [2.45, 2.75) is 25.1 Å². The van der Waals surface area contributed by atoms with Gasteiger partial charge in [0.2, 0.25) is 0 Å². The molecule has 0 saturated carbocycles. The van der Waals surface area contributed by atoms with Gasteiger partial charge in [0.25, 0.3) is 0 Å². The summed E-state index contributed by atoms with van der Waals surface area (Å²) in [4.78, 5) is 0. The fraction of sp³-hybridized carbons (Fsp3) is 0.455. The molecule has 1 aromatic carbocycles. The van der Waals surface area contributed by atoms with Crippen molar-refractivity contribution in [1.82, 2.24) is 5.32 Å². The van der Waals surface area contributed by atoms with Crippen LogP contribution < -0.4 is 5.32 Å². The number of halogens is 3. The lowest BCUT2D eigenvalue weighted by Crippen LogP contribution is -2.30. The first-order valence-electron chi connectivity index (χ1n) is 4.91. The number of hydrogen-bond donors (Lipinski definition) is 1. The third-order valence-electron chi connectivity index (χ3n) is 2.68. The van der Waals surface area contributed by atoms with Crippen molar-refractivity contribution < 1.29 is 13.2 Å². The summed E-state index contributed by atoms with van der Waals surface area (Å²) in [6.45, 7) is 1.08. The lowest BCUT2D eigenvalue weighted by Gasteiger charge is -2.27. The average Bonchev–Trinajstić information content (AvgIpc) is 2.16. The maximum absolute atomic E-state index is 12.3. The van der Waals surface area contributed by atoms with Gasteiger partial charge in [-0.25, -0.2) is 0 Å². The van der Waals surface area contributed by atoms with E-state index in [1.54, 1.807) is 12.1 Å². The number of nitrogens with one attached hydrogen (secondary N) is 1. The summed E-state index contributed by atoms with van der Waals surface area (Å²) in [5.74, 6) is -0.435. The van der Waals surface area contributed by atoms with Crippen molar-refractivity contribution in [1.29, 1.82) is 0 Å². The molecule has 82 valence electrons. The summed E-state index contributed by atoms with van der Waals surface area (Å²) in [5.41, 5.74) is 1.83. The minimum absolute atomic E-state index is 0.413. The molecule has 2 rings (SSSR count). The molecule has 0 spiro atoms. The van der Waals surface area contributed by atoms with Crippen LogP contribution in [0.3, 0.4) is 0 Å². The van der Waals surface area contributed by atoms with Gasteiger partial charge < -0.3 is 5.32 Å². The van der Waals surface area contributed by atoms with E-state index in [4.69, 9.17) is 0 Å². The standard InChI is InChI=1S/C11H12F3N/c12-11(13,14)5-9-7-15-6-8-3-1-2-4-10(8)9/h1-4,9,15H,5-7H2. The smallest absolute Gasteiger partial charge is 0.312 e. The monoisotopic (exact) mass is 215 g/mol. The van der Waals surface area contributed by atoms with E-state index in [9.17, 15) is 13.2 Å². The quantitative estimate of drug-likeness (QED) is 0.759. The van der Waals surface area contributed by atoms with Gasteiger partial charge in [-0.2, -0.15) is 13.2 Å². The second-order valence-electron chi connectivity index (χ2n) is 3.85. The molecule has 1 unspecified atom stereocenters. The van der Waals surface area contributed by atoms with Crippen LogP contribution in [0.2, 0.25) is 0 Å². The van der Waals surface area contributed by atoms with E-state index >= 15 is 0 Å². The molecule has 4 heteroatoms. The van der Waals surface area contributed by atoms with E-state index in [-0.39, 0.29) is 0 Å². The van der Waals surface area contributed by atoms with Crippen LogP contribution >= 0.6 is 0 Å². The van der Waals surface area contributed by atoms with Crippen LogP contribution in [0.5, 0.6) is 0 Å². The van der Waals surface area contributed by atoms with E-state index < -0.39 is 18.5 Å². The Hall–Kier alpha value is -1.03. The van der Waals surface area contributed by atoms with Crippen molar-refractivity contribution in [2.75, 3.05) is 6.54 Å². The fourth-order valence-corrected chi connectivity index (χ4v) is 2.05. The van der Waals surface area contributed by atoms with Gasteiger partial charge in [-0.05, 0) is 11.1 Å². The maximum atomic E-state index is 12.3. The Balaban J connectivity index is 2.22. The summed E-state index contributed by atoms with van der Waals surface area (Å²) in [7, 11) is 0. The molecule has 1 aliphatic rings. The van der Waals surface area contributed by atoms with Crippen molar-refractivity contribution in [3.8, 4) is 0 Å². The van der Waals surface area contributed by atoms with Gasteiger partial charge in [-0.1, -0.05) is 24.3 Å². The maximum Gasteiger partial charge on any atom is 0.389 e. The van der Waals surface area contributed by atoms with Crippen molar-refractivity contribution >= 4 is 0 Å². The first-order valence-corrected chi connectivity index (χ1v) is 4.91. The lowest BCUT2D eigenvalue weighted by atomic mass is 9.88. The van der Waals surface area contributed by atoms with E-state index in [1.165, 1.54) is 0 Å². The highest BCUT2D eigenvalue weighted by atomic mass is 19.4. The third-order valence-corrected chi connectivity index (χ3v) is 2.68. The third kappa shape index (κ3) is 2.50. The first kappa shape index (κ1) is 10.5. The van der Waals surface area contributed by atoms with Crippen LogP contribution in [-0.2, 0) is 6.54 Å². The molecule has 0 amide bonds. The Bertz CT molecular complexity index is 346. The van der Waals surface area contributed by atoms with Gasteiger partial charge in [0.05, 0.1) is 6.42 Å². The largest absolute Gasteiger partial charge is 0.389 e. The molecule has 1 aromatic rings. The average molecular weight is 215 g/mol. The van der Waals surface area contributed by atoms with Crippen LogP contribution in [0, 0.1) is 0 Å². The van der Waals surface area contributed by atoms with Crippen molar-refractivity contribution in [3.63, 3.8) is 0 Å². The molecule has 0 bridgehead atoms. The number of alkyl halides is 3. The Morgan fingerprint density at radius 1 is 1.27 bits per heavy atom. The van der Waals surface area contributed by atoms with Gasteiger partial charge in [0.1, 0.15) is 0 Å². The zero-order chi connectivity index (χ0) is 10.9. The molecule has 15 heavy (non-hydrogen) atoms. The highest BCUT2D eigenvalue weighted by Crippen LogP contribution is 2.34. The topological polar surface area (TPSA) is 12.0 Å². The summed E-state index contributed by atoms with van der Waals surface area (Å²) >= 11 is 0. The molecule has 0 radical (unpaired) electrons. The minimum atomic E-state index is -4.09. The summed E-state index contributed by atoms with van der Waals surface area (Å²) in [6, 6.07) is 7.33. The first-order chi connectivity index (χ1) is 7.06. The molecule has 0 aliphatic carbocycles. The van der Waals surface area contributed by atoms with Gasteiger partial charge in [-0.15, -0.1) is 0 Å². The highest BCUT2D eigenvalue weighted by molar-refractivity contribution is 5.32. The van der Waals surface area contributed by atoms with E-state index in [0.717, 1.165) is 11.1 Å². The SMILES string of the molecule is FC(F)(F)CC1CNCc2ccccc21. The fourth-order valence-electron chi connectivity index (χ4n) is 2.05. The number of fused-ring (bicyclic) bond motifs is 1. The minimum Gasteiger partial charge on any atom is -0.312 e. The predicted octanol–water partition coefficient (Wildman–Crippen LogP) is 2.83. The van der Waals surface area contributed by atoms with Crippen LogP contribution in [0.1, 0.15) is 23.5 Å². The van der Waals surface area contributed by atoms with E-state index in [1.807, 2.05) is 12.1 Å². The molecular weight excluding hydrogens is 203 g/mol. The molecule has 1 aliphatic heterocycles. The second-order valence-corrected chi connectivity index (χ2v) is 3.85. The number of hydrogen-bond acceptors (Lipinski definition) is 1. The predicted molar refractivity (Wildman–Crippen MR) is 51.6 cm³/mol. The molecule has 0 saturated heterocycles. The van der Waals surface area contributed by atoms with Crippen LogP contribution in [0.4, 0.5) is 13.2 Å². The molecule has 0 fully saturated rings. The zero-order valence-corrected chi connectivity index (χ0v) is 8.14. The van der Waals surface area contributed by atoms with Gasteiger partial charge >= 0.3 is 6.18 Å². The zero-order valence-electron chi connectivity index (χ0n) is 8.14. The Morgan fingerprint density at radius 3 is 2.73 bits per heavy atom. The molecule has 1 N–H and O–H groups in total. The van der Waals surface area contributed by atoms with Gasteiger partial charge in [0.15, 0.2) is 0 Å². The molecular formula is C11H12F3N. The van der Waals surface area contributed by atoms with Crippen molar-refractivity contribution in [3.05, 3.63) is 35.4 Å². The number of rotatable bonds is 1. The number of benzene rings is 1. The molecule has 1 nitrogen and oxygen atoms in total. The normalized spacial score (nSPS) is 21.1. The van der Waals surface area contributed by atoms with Crippen molar-refractivity contribution in [2.24, 2.45) is 0 Å². The second kappa shape index (κ2) is 3.85. The summed E-state index contributed by atoms with van der Waals surface area (Å²) < 4.78 is 36.9. The van der Waals surface area contributed by atoms with Crippen LogP contribution in [-0.4, -0.2) is 12.7 Å².